The van der Waals surface area contributed by atoms with Gasteiger partial charge in [-0.3, -0.25) is 19.8 Å². The molecule has 0 spiro atoms. The van der Waals surface area contributed by atoms with Gasteiger partial charge >= 0.3 is 24.8 Å². The van der Waals surface area contributed by atoms with Crippen molar-refractivity contribution in [1.82, 2.24) is 15.8 Å². The summed E-state index contributed by atoms with van der Waals surface area (Å²) in [5, 5.41) is 14.8. The van der Waals surface area contributed by atoms with Gasteiger partial charge in [-0.25, -0.2) is 23.6 Å². The number of nitrogens with two attached hydrogens (primary N) is 1. The van der Waals surface area contributed by atoms with Crippen LogP contribution in [0.15, 0.2) is 47.5 Å². The predicted octanol–water partition coefficient (Wildman–Crippen LogP) is 7.25. The largest absolute Gasteiger partial charge is 0.462 e. The van der Waals surface area contributed by atoms with Crippen molar-refractivity contribution >= 4 is 58.3 Å². The Balaban J connectivity index is 2.09. The van der Waals surface area contributed by atoms with Gasteiger partial charge in [0.1, 0.15) is 23.8 Å². The summed E-state index contributed by atoms with van der Waals surface area (Å²) in [6.07, 6.45) is -6.68. The molecule has 0 heterocycles. The zero-order valence-corrected chi connectivity index (χ0v) is 36.6. The monoisotopic (exact) mass is 985 g/mol. The molecule has 1 saturated carbocycles. The number of aliphatic imine (C=N–C) groups is 1. The molecule has 20 heteroatoms. The molecule has 61 heavy (non-hydrogen) atoms. The minimum Gasteiger partial charge on any atom is -0.462 e. The first-order valence-corrected chi connectivity index (χ1v) is 20.2. The molecule has 0 aliphatic heterocycles. The standard InChI is InChI=1S/C41H51F7IN5O7/c1-39(2,3)28(19-34(57)61-26-11-12-26)36(58)53-54(20-27-29(42)16-23(17-30(27)43)31(50)13-14-51-37(44)45)21-33(56)24(15-22-7-9-25(49)10-8-22)18-32(55)35(52-38(59)60-6)40(4,5)41(46,47)48/h7-10,13-14,16-17,24,26,28,33,35,37,56H,11-12,15,18-21,50H2,1-6H3,(H,52,59)(H,53,58)/t24-,28-,33+,35-/m1/s1. The van der Waals surface area contributed by atoms with E-state index >= 15 is 8.78 Å². The Labute approximate surface area is 363 Å². The Hall–Kier alpha value is -4.31. The number of aliphatic hydroxyl groups excluding tert-OH is 1. The summed E-state index contributed by atoms with van der Waals surface area (Å²) in [6, 6.07) is 6.17. The second-order valence-corrected chi connectivity index (χ2v) is 17.6. The predicted molar refractivity (Wildman–Crippen MR) is 219 cm³/mol. The number of hydrazine groups is 1. The average molecular weight is 986 g/mol. The number of allylic oxidation sites excluding steroid dienone is 1. The van der Waals surface area contributed by atoms with Crippen molar-refractivity contribution in [3.63, 3.8) is 0 Å². The number of nitrogens with zero attached hydrogens (tertiary/aromatic N) is 2. The van der Waals surface area contributed by atoms with Gasteiger partial charge in [-0.15, -0.1) is 0 Å². The fourth-order valence-corrected chi connectivity index (χ4v) is 6.54. The Morgan fingerprint density at radius 1 is 1.02 bits per heavy atom. The van der Waals surface area contributed by atoms with Crippen LogP contribution in [0.4, 0.5) is 35.5 Å². The van der Waals surface area contributed by atoms with E-state index in [-0.39, 0.29) is 30.2 Å². The number of carbonyl (C=O) groups is 4. The first-order valence-electron chi connectivity index (χ1n) is 19.1. The minimum absolute atomic E-state index is 0.126. The molecule has 2 aromatic rings. The summed E-state index contributed by atoms with van der Waals surface area (Å²) in [5.74, 6) is -7.33. The zero-order chi connectivity index (χ0) is 46.0. The summed E-state index contributed by atoms with van der Waals surface area (Å²) < 4.78 is 110. The van der Waals surface area contributed by atoms with Crippen LogP contribution in [-0.2, 0) is 36.8 Å². The van der Waals surface area contributed by atoms with Crippen molar-refractivity contribution in [1.29, 1.82) is 0 Å². The number of ether oxygens (including phenoxy) is 2. The van der Waals surface area contributed by atoms with Gasteiger partial charge in [0.2, 0.25) is 5.91 Å². The van der Waals surface area contributed by atoms with Crippen molar-refractivity contribution in [3.05, 3.63) is 74.4 Å². The number of rotatable bonds is 20. The van der Waals surface area contributed by atoms with Gasteiger partial charge in [-0.1, -0.05) is 32.9 Å². The van der Waals surface area contributed by atoms with Gasteiger partial charge in [-0.2, -0.15) is 22.0 Å². The van der Waals surface area contributed by atoms with E-state index in [0.29, 0.717) is 38.5 Å². The van der Waals surface area contributed by atoms with Crippen LogP contribution < -0.4 is 16.5 Å². The summed E-state index contributed by atoms with van der Waals surface area (Å²) >= 11 is 2.04. The van der Waals surface area contributed by atoms with E-state index in [2.05, 4.69) is 15.2 Å². The molecule has 1 fully saturated rings. The van der Waals surface area contributed by atoms with Crippen LogP contribution in [0, 0.1) is 37.9 Å². The van der Waals surface area contributed by atoms with Crippen LogP contribution in [-0.4, -0.2) is 84.7 Å². The number of benzene rings is 2. The number of amides is 2. The molecule has 2 aromatic carbocycles. The maximum absolute atomic E-state index is 15.8. The Morgan fingerprint density at radius 3 is 2.11 bits per heavy atom. The lowest BCUT2D eigenvalue weighted by molar-refractivity contribution is -0.220. The molecule has 3 rings (SSSR count). The van der Waals surface area contributed by atoms with Crippen LogP contribution in [0.2, 0.25) is 0 Å². The lowest BCUT2D eigenvalue weighted by Crippen LogP contribution is -2.57. The van der Waals surface area contributed by atoms with Crippen molar-refractivity contribution in [3.8, 4) is 0 Å². The molecule has 1 aliphatic carbocycles. The van der Waals surface area contributed by atoms with Gasteiger partial charge in [0.25, 0.3) is 0 Å². The summed E-state index contributed by atoms with van der Waals surface area (Å²) in [7, 11) is 0.903. The first-order chi connectivity index (χ1) is 28.2. The molecular formula is C41H51F7IN5O7. The number of ketones is 1. The van der Waals surface area contributed by atoms with E-state index in [1.165, 1.54) is 0 Å². The molecule has 0 aromatic heterocycles. The third-order valence-electron chi connectivity index (χ3n) is 10.1. The van der Waals surface area contributed by atoms with Gasteiger partial charge in [0.05, 0.1) is 31.0 Å². The highest BCUT2D eigenvalue weighted by Crippen LogP contribution is 2.41. The quantitative estimate of drug-likeness (QED) is 0.0267. The summed E-state index contributed by atoms with van der Waals surface area (Å²) in [6.45, 7) is 1.92. The van der Waals surface area contributed by atoms with E-state index in [9.17, 15) is 46.2 Å². The topological polar surface area (TPSA) is 173 Å². The highest BCUT2D eigenvalue weighted by molar-refractivity contribution is 14.1. The van der Waals surface area contributed by atoms with Crippen molar-refractivity contribution < 1.29 is 64.5 Å². The fraction of sp³-hybridized carbons (Fsp3) is 0.537. The van der Waals surface area contributed by atoms with E-state index in [0.717, 1.165) is 33.9 Å². The van der Waals surface area contributed by atoms with Crippen LogP contribution in [0.3, 0.4) is 0 Å². The lowest BCUT2D eigenvalue weighted by Gasteiger charge is -2.37. The molecule has 2 amide bonds. The van der Waals surface area contributed by atoms with Crippen LogP contribution in [0.1, 0.15) is 77.0 Å². The Bertz CT molecular complexity index is 1900. The number of alkyl carbamates (subject to hydrolysis) is 1. The number of methoxy groups -OCH3 is 1. The number of hydrogen-bond donors (Lipinski definition) is 4. The number of hydrogen-bond acceptors (Lipinski definition) is 10. The fourth-order valence-electron chi connectivity index (χ4n) is 6.18. The SMILES string of the molecule is COC(=O)N[C@H](C(=O)C[C@@H](Cc1ccc(I)cc1)[C@@H](O)CN(Cc1c(F)cc(C(N)=CC=NC(F)F)cc1F)NC(=O)[C@@H](CC(=O)OC1CC1)C(C)(C)C)C(C)(C)C(F)(F)F. The van der Waals surface area contributed by atoms with E-state index < -0.39 is 108 Å². The summed E-state index contributed by atoms with van der Waals surface area (Å²) in [4.78, 5) is 55.8. The number of alkyl halides is 5. The second kappa shape index (κ2) is 21.7. The molecule has 338 valence electrons. The number of halogens is 8. The minimum atomic E-state index is -5.00. The van der Waals surface area contributed by atoms with E-state index in [1.54, 1.807) is 45.0 Å². The molecule has 0 saturated heterocycles. The van der Waals surface area contributed by atoms with Gasteiger partial charge in [0, 0.05) is 46.1 Å². The van der Waals surface area contributed by atoms with Crippen LogP contribution in [0.25, 0.3) is 5.70 Å². The zero-order valence-electron chi connectivity index (χ0n) is 34.4. The lowest BCUT2D eigenvalue weighted by atomic mass is 9.77. The molecule has 12 nitrogen and oxygen atoms in total. The van der Waals surface area contributed by atoms with Crippen LogP contribution in [0.5, 0.6) is 0 Å². The highest BCUT2D eigenvalue weighted by atomic mass is 127. The van der Waals surface area contributed by atoms with Gasteiger partial charge in [0.15, 0.2) is 5.78 Å². The number of Topliss-reactive ketones (excluding diaryl/α,β-unsaturated/α-hetero) is 1. The van der Waals surface area contributed by atoms with Crippen LogP contribution >= 0.6 is 22.6 Å². The van der Waals surface area contributed by atoms with Crippen molar-refractivity contribution in [2.45, 2.75) is 104 Å². The molecule has 5 N–H and O–H groups in total. The molecule has 4 atom stereocenters. The first kappa shape index (κ1) is 51.0. The third-order valence-corrected chi connectivity index (χ3v) is 10.9. The van der Waals surface area contributed by atoms with E-state index in [1.807, 2.05) is 27.9 Å². The molecule has 0 radical (unpaired) electrons. The maximum Gasteiger partial charge on any atom is 0.407 e. The number of carbonyl (C=O) groups excluding carboxylic acids is 4. The number of esters is 1. The molecule has 0 unspecified atom stereocenters. The van der Waals surface area contributed by atoms with Gasteiger partial charge in [-0.05, 0) is 103 Å². The highest BCUT2D eigenvalue weighted by Gasteiger charge is 2.55. The Kier molecular flexibility index (Phi) is 18.1. The molecular weight excluding hydrogens is 934 g/mol. The van der Waals surface area contributed by atoms with Gasteiger partial charge < -0.3 is 25.6 Å². The van der Waals surface area contributed by atoms with Crippen molar-refractivity contribution in [2.75, 3.05) is 13.7 Å². The normalized spacial score (nSPS) is 16.0. The average Bonchev–Trinajstić information content (AvgIpc) is 3.97. The number of nitrogens with one attached hydrogen (secondary N) is 2. The van der Waals surface area contributed by atoms with E-state index in [4.69, 9.17) is 10.5 Å². The second-order valence-electron chi connectivity index (χ2n) is 16.4. The maximum atomic E-state index is 15.8. The number of aliphatic hydroxyl groups is 1. The third kappa shape index (κ3) is 15.5. The molecule has 1 aliphatic rings. The molecule has 0 bridgehead atoms. The smallest absolute Gasteiger partial charge is 0.407 e. The Morgan fingerprint density at radius 2 is 1.61 bits per heavy atom. The van der Waals surface area contributed by atoms with Crippen molar-refractivity contribution in [2.24, 2.45) is 33.4 Å². The summed E-state index contributed by atoms with van der Waals surface area (Å²) in [5.41, 5.74) is 3.98.